The van der Waals surface area contributed by atoms with Crippen LogP contribution in [0.5, 0.6) is 0 Å². The van der Waals surface area contributed by atoms with Crippen molar-refractivity contribution in [1.82, 2.24) is 15.0 Å². The fourth-order valence-electron chi connectivity index (χ4n) is 1.05. The summed E-state index contributed by atoms with van der Waals surface area (Å²) in [7, 11) is 0. The minimum atomic E-state index is 0.335. The summed E-state index contributed by atoms with van der Waals surface area (Å²) in [5.41, 5.74) is 5.60. The summed E-state index contributed by atoms with van der Waals surface area (Å²) in [6, 6.07) is 0. The van der Waals surface area contributed by atoms with Crippen LogP contribution in [-0.4, -0.2) is 20.2 Å². The Balaban J connectivity index is 2.64. The molecule has 0 aliphatic heterocycles. The van der Waals surface area contributed by atoms with E-state index in [2.05, 4.69) is 28.8 Å². The van der Waals surface area contributed by atoms with Crippen molar-refractivity contribution in [2.45, 2.75) is 44.6 Å². The summed E-state index contributed by atoms with van der Waals surface area (Å²) >= 11 is 1.85. The molecule has 0 saturated heterocycles. The highest BCUT2D eigenvalue weighted by molar-refractivity contribution is 7.99. The minimum Gasteiger partial charge on any atom is -0.368 e. The van der Waals surface area contributed by atoms with E-state index in [1.165, 1.54) is 0 Å². The molecule has 0 aromatic carbocycles. The van der Waals surface area contributed by atoms with Crippen LogP contribution < -0.4 is 5.73 Å². The number of aromatic nitrogens is 3. The molecular formula is C10H18N4S. The van der Waals surface area contributed by atoms with Crippen LogP contribution in [0.25, 0.3) is 0 Å². The number of thioether (sulfide) groups is 1. The fourth-order valence-corrected chi connectivity index (χ4v) is 1.84. The maximum atomic E-state index is 5.60. The molecule has 4 nitrogen and oxygen atoms in total. The molecule has 0 radical (unpaired) electrons. The predicted molar refractivity (Wildman–Crippen MR) is 64.7 cm³/mol. The Kier molecular flexibility index (Phi) is 4.81. The zero-order chi connectivity index (χ0) is 11.3. The van der Waals surface area contributed by atoms with Gasteiger partial charge in [0.1, 0.15) is 11.6 Å². The zero-order valence-electron chi connectivity index (χ0n) is 9.53. The third-order valence-corrected chi connectivity index (χ3v) is 3.46. The molecule has 1 unspecified atom stereocenters. The Labute approximate surface area is 95.1 Å². The van der Waals surface area contributed by atoms with Gasteiger partial charge in [-0.25, -0.2) is 4.98 Å². The molecule has 1 heterocycles. The Morgan fingerprint density at radius 3 is 2.47 bits per heavy atom. The monoisotopic (exact) mass is 226 g/mol. The van der Waals surface area contributed by atoms with E-state index in [9.17, 15) is 0 Å². The molecule has 15 heavy (non-hydrogen) atoms. The molecule has 0 spiro atoms. The van der Waals surface area contributed by atoms with Crippen molar-refractivity contribution in [3.63, 3.8) is 0 Å². The number of anilines is 1. The maximum absolute atomic E-state index is 5.60. The van der Waals surface area contributed by atoms with Crippen molar-refractivity contribution in [2.24, 2.45) is 0 Å². The smallest absolute Gasteiger partial charge is 0.223 e. The van der Waals surface area contributed by atoms with Crippen LogP contribution in [0.1, 0.15) is 38.8 Å². The van der Waals surface area contributed by atoms with Crippen molar-refractivity contribution in [1.29, 1.82) is 0 Å². The van der Waals surface area contributed by atoms with Crippen LogP contribution in [0.3, 0.4) is 0 Å². The van der Waals surface area contributed by atoms with Gasteiger partial charge in [0.15, 0.2) is 0 Å². The largest absolute Gasteiger partial charge is 0.368 e. The van der Waals surface area contributed by atoms with Gasteiger partial charge >= 0.3 is 0 Å². The lowest BCUT2D eigenvalue weighted by atomic mass is 10.4. The first-order chi connectivity index (χ1) is 7.15. The van der Waals surface area contributed by atoms with Crippen LogP contribution in [0, 0.1) is 0 Å². The molecule has 0 saturated carbocycles. The van der Waals surface area contributed by atoms with E-state index >= 15 is 0 Å². The van der Waals surface area contributed by atoms with Crippen molar-refractivity contribution in [2.75, 3.05) is 5.73 Å². The molecule has 84 valence electrons. The van der Waals surface area contributed by atoms with Crippen molar-refractivity contribution >= 4 is 17.7 Å². The number of nitrogens with zero attached hydrogens (tertiary/aromatic N) is 3. The van der Waals surface area contributed by atoms with Gasteiger partial charge in [0.05, 0.1) is 5.75 Å². The van der Waals surface area contributed by atoms with Gasteiger partial charge in [0, 0.05) is 11.7 Å². The average Bonchev–Trinajstić information content (AvgIpc) is 2.25. The highest BCUT2D eigenvalue weighted by Crippen LogP contribution is 2.17. The van der Waals surface area contributed by atoms with Crippen LogP contribution in [0.2, 0.25) is 0 Å². The first-order valence-electron chi connectivity index (χ1n) is 5.26. The molecule has 1 aromatic heterocycles. The summed E-state index contributed by atoms with van der Waals surface area (Å²) in [6.45, 7) is 6.40. The summed E-state index contributed by atoms with van der Waals surface area (Å²) in [6.07, 6.45) is 1.96. The highest BCUT2D eigenvalue weighted by Gasteiger charge is 2.05. The first-order valence-corrected chi connectivity index (χ1v) is 6.31. The SMILES string of the molecule is CCc1nc(N)nc(CSC(C)CC)n1. The van der Waals surface area contributed by atoms with Crippen molar-refractivity contribution < 1.29 is 0 Å². The zero-order valence-corrected chi connectivity index (χ0v) is 10.3. The second kappa shape index (κ2) is 5.90. The Morgan fingerprint density at radius 2 is 1.87 bits per heavy atom. The van der Waals surface area contributed by atoms with Crippen molar-refractivity contribution in [3.8, 4) is 0 Å². The number of hydrogen-bond acceptors (Lipinski definition) is 5. The lowest BCUT2D eigenvalue weighted by Gasteiger charge is -2.07. The Bertz CT molecular complexity index is 316. The molecule has 1 aromatic rings. The number of hydrogen-bond donors (Lipinski definition) is 1. The van der Waals surface area contributed by atoms with Crippen LogP contribution in [0.4, 0.5) is 5.95 Å². The molecule has 2 N–H and O–H groups in total. The molecule has 0 bridgehead atoms. The number of nitrogen functional groups attached to an aromatic ring is 1. The first kappa shape index (κ1) is 12.2. The third-order valence-electron chi connectivity index (χ3n) is 2.13. The summed E-state index contributed by atoms with van der Waals surface area (Å²) in [5, 5.41) is 0.632. The van der Waals surface area contributed by atoms with Gasteiger partial charge < -0.3 is 5.73 Å². The molecule has 5 heteroatoms. The number of aryl methyl sites for hydroxylation is 1. The van der Waals surface area contributed by atoms with E-state index in [0.29, 0.717) is 11.2 Å². The van der Waals surface area contributed by atoms with Crippen LogP contribution in [0.15, 0.2) is 0 Å². The van der Waals surface area contributed by atoms with E-state index in [4.69, 9.17) is 5.73 Å². The molecule has 1 atom stereocenters. The summed E-state index contributed by atoms with van der Waals surface area (Å²) in [4.78, 5) is 12.5. The van der Waals surface area contributed by atoms with Gasteiger partial charge in [0.2, 0.25) is 5.95 Å². The summed E-state index contributed by atoms with van der Waals surface area (Å²) < 4.78 is 0. The second-order valence-electron chi connectivity index (χ2n) is 3.41. The van der Waals surface area contributed by atoms with E-state index in [1.54, 1.807) is 0 Å². The standard InChI is InChI=1S/C10H18N4S/c1-4-7(3)15-6-9-12-8(5-2)13-10(11)14-9/h7H,4-6H2,1-3H3,(H2,11,12,13,14). The van der Waals surface area contributed by atoms with E-state index in [-0.39, 0.29) is 0 Å². The molecule has 0 fully saturated rings. The van der Waals surface area contributed by atoms with E-state index < -0.39 is 0 Å². The molecule has 1 rings (SSSR count). The quantitative estimate of drug-likeness (QED) is 0.832. The van der Waals surface area contributed by atoms with Gasteiger partial charge in [-0.1, -0.05) is 20.8 Å². The number of rotatable bonds is 5. The van der Waals surface area contributed by atoms with Crippen LogP contribution in [-0.2, 0) is 12.2 Å². The third kappa shape index (κ3) is 4.03. The molecule has 0 amide bonds. The van der Waals surface area contributed by atoms with Gasteiger partial charge in [-0.3, -0.25) is 0 Å². The van der Waals surface area contributed by atoms with E-state index in [0.717, 1.165) is 30.2 Å². The highest BCUT2D eigenvalue weighted by atomic mass is 32.2. The molecule has 0 aliphatic rings. The van der Waals surface area contributed by atoms with Gasteiger partial charge in [0.25, 0.3) is 0 Å². The Hall–Kier alpha value is -0.840. The molecule has 0 aliphatic carbocycles. The second-order valence-corrected chi connectivity index (χ2v) is 4.84. The van der Waals surface area contributed by atoms with Gasteiger partial charge in [-0.05, 0) is 6.42 Å². The van der Waals surface area contributed by atoms with Gasteiger partial charge in [-0.15, -0.1) is 0 Å². The van der Waals surface area contributed by atoms with Crippen LogP contribution >= 0.6 is 11.8 Å². The molecular weight excluding hydrogens is 208 g/mol. The fraction of sp³-hybridized carbons (Fsp3) is 0.700. The predicted octanol–water partition coefficient (Wildman–Crippen LogP) is 2.05. The average molecular weight is 226 g/mol. The van der Waals surface area contributed by atoms with Gasteiger partial charge in [-0.2, -0.15) is 21.7 Å². The Morgan fingerprint density at radius 1 is 1.20 bits per heavy atom. The lowest BCUT2D eigenvalue weighted by Crippen LogP contribution is -2.07. The lowest BCUT2D eigenvalue weighted by molar-refractivity contribution is 0.860. The minimum absolute atomic E-state index is 0.335. The number of nitrogens with two attached hydrogens (primary N) is 1. The van der Waals surface area contributed by atoms with Crippen molar-refractivity contribution in [3.05, 3.63) is 11.6 Å². The maximum Gasteiger partial charge on any atom is 0.223 e. The van der Waals surface area contributed by atoms with E-state index in [1.807, 2.05) is 18.7 Å². The normalized spacial score (nSPS) is 12.7. The summed E-state index contributed by atoms with van der Waals surface area (Å²) in [5.74, 6) is 2.72. The topological polar surface area (TPSA) is 64.7 Å².